The summed E-state index contributed by atoms with van der Waals surface area (Å²) in [5, 5.41) is 16.6. The Morgan fingerprint density at radius 3 is 2.57 bits per heavy atom. The van der Waals surface area contributed by atoms with Gasteiger partial charge in [-0.1, -0.05) is 55.1 Å². The van der Waals surface area contributed by atoms with Gasteiger partial charge in [0.05, 0.1) is 12.8 Å². The third-order valence-electron chi connectivity index (χ3n) is 5.33. The van der Waals surface area contributed by atoms with E-state index in [1.165, 1.54) is 12.1 Å². The van der Waals surface area contributed by atoms with Crippen molar-refractivity contribution < 1.29 is 9.13 Å². The molecular weight excluding hydrogens is 399 g/mol. The van der Waals surface area contributed by atoms with Gasteiger partial charge in [0, 0.05) is 11.7 Å². The van der Waals surface area contributed by atoms with E-state index in [-0.39, 0.29) is 11.7 Å². The third-order valence-corrected chi connectivity index (χ3v) is 6.26. The molecule has 150 valence electrons. The molecule has 3 aromatic carbocycles. The van der Waals surface area contributed by atoms with E-state index in [1.54, 1.807) is 31.0 Å². The molecule has 1 unspecified atom stereocenters. The highest BCUT2D eigenvalue weighted by Crippen LogP contribution is 2.31. The van der Waals surface area contributed by atoms with Crippen LogP contribution in [0.15, 0.2) is 70.9 Å². The zero-order valence-electron chi connectivity index (χ0n) is 16.5. The highest BCUT2D eigenvalue weighted by Gasteiger charge is 2.24. The van der Waals surface area contributed by atoms with Gasteiger partial charge < -0.3 is 4.74 Å². The Bertz CT molecular complexity index is 1270. The van der Waals surface area contributed by atoms with Gasteiger partial charge in [0.15, 0.2) is 5.82 Å². The molecule has 0 amide bonds. The first-order chi connectivity index (χ1) is 14.6. The molecule has 0 saturated heterocycles. The van der Waals surface area contributed by atoms with Gasteiger partial charge >= 0.3 is 0 Å². The van der Waals surface area contributed by atoms with Crippen LogP contribution in [-0.2, 0) is 0 Å². The largest absolute Gasteiger partial charge is 0.497 e. The van der Waals surface area contributed by atoms with E-state index in [0.29, 0.717) is 5.75 Å². The Hall–Kier alpha value is -3.19. The van der Waals surface area contributed by atoms with Crippen LogP contribution in [-0.4, -0.2) is 33.4 Å². The number of thioether (sulfide) groups is 1. The van der Waals surface area contributed by atoms with Crippen LogP contribution in [0.3, 0.4) is 0 Å². The van der Waals surface area contributed by atoms with Crippen molar-refractivity contribution in [3.05, 3.63) is 83.4 Å². The van der Waals surface area contributed by atoms with Crippen molar-refractivity contribution in [2.24, 2.45) is 5.10 Å². The topological polar surface area (TPSA) is 52.3 Å². The lowest BCUT2D eigenvalue weighted by Crippen LogP contribution is -2.15. The molecule has 0 fully saturated rings. The summed E-state index contributed by atoms with van der Waals surface area (Å²) in [6.07, 6.45) is 0. The fraction of sp³-hybridized carbons (Fsp3) is 0.174. The van der Waals surface area contributed by atoms with Crippen LogP contribution in [0.2, 0.25) is 0 Å². The summed E-state index contributed by atoms with van der Waals surface area (Å²) < 4.78 is 20.4. The fourth-order valence-corrected chi connectivity index (χ4v) is 4.43. The Labute approximate surface area is 177 Å². The number of aromatic nitrogens is 3. The van der Waals surface area contributed by atoms with Crippen LogP contribution in [0.5, 0.6) is 5.75 Å². The third kappa shape index (κ3) is 3.35. The van der Waals surface area contributed by atoms with E-state index in [4.69, 9.17) is 9.84 Å². The summed E-state index contributed by atoms with van der Waals surface area (Å²) >= 11 is 1.59. The summed E-state index contributed by atoms with van der Waals surface area (Å²) in [4.78, 5) is 0. The molecule has 5 rings (SSSR count). The molecule has 0 bridgehead atoms. The second kappa shape index (κ2) is 7.57. The molecule has 1 atom stereocenters. The molecule has 30 heavy (non-hydrogen) atoms. The molecule has 0 spiro atoms. The highest BCUT2D eigenvalue weighted by molar-refractivity contribution is 7.99. The maximum atomic E-state index is 13.3. The van der Waals surface area contributed by atoms with Crippen molar-refractivity contribution in [3.8, 4) is 5.75 Å². The molecule has 0 aliphatic carbocycles. The summed E-state index contributed by atoms with van der Waals surface area (Å²) in [6.45, 7) is 2.11. The van der Waals surface area contributed by atoms with E-state index in [2.05, 4.69) is 41.4 Å². The first kappa shape index (κ1) is 18.8. The van der Waals surface area contributed by atoms with Crippen molar-refractivity contribution in [2.45, 2.75) is 18.0 Å². The molecular formula is C23H19FN4OS. The molecule has 5 nitrogen and oxygen atoms in total. The second-order valence-corrected chi connectivity index (χ2v) is 8.13. The minimum Gasteiger partial charge on any atom is -0.497 e. The zero-order valence-corrected chi connectivity index (χ0v) is 17.4. The summed E-state index contributed by atoms with van der Waals surface area (Å²) in [6, 6.07) is 18.8. The molecule has 0 N–H and O–H groups in total. The van der Waals surface area contributed by atoms with Crippen LogP contribution in [0, 0.1) is 5.82 Å². The average Bonchev–Trinajstić information content (AvgIpc) is 3.21. The van der Waals surface area contributed by atoms with E-state index in [9.17, 15) is 4.39 Å². The highest BCUT2D eigenvalue weighted by atomic mass is 32.2. The maximum absolute atomic E-state index is 13.3. The number of hydrogen-bond donors (Lipinski definition) is 0. The summed E-state index contributed by atoms with van der Waals surface area (Å²) in [7, 11) is 1.67. The Morgan fingerprint density at radius 1 is 1.00 bits per heavy atom. The van der Waals surface area contributed by atoms with Crippen molar-refractivity contribution in [1.29, 1.82) is 0 Å². The van der Waals surface area contributed by atoms with Gasteiger partial charge in [0.1, 0.15) is 11.6 Å². The van der Waals surface area contributed by atoms with Gasteiger partial charge in [-0.2, -0.15) is 9.78 Å². The molecule has 1 aliphatic rings. The zero-order chi connectivity index (χ0) is 20.7. The van der Waals surface area contributed by atoms with Crippen molar-refractivity contribution in [1.82, 2.24) is 14.9 Å². The maximum Gasteiger partial charge on any atom is 0.212 e. The minimum atomic E-state index is -0.254. The quantitative estimate of drug-likeness (QED) is 0.463. The van der Waals surface area contributed by atoms with Crippen LogP contribution in [0.4, 0.5) is 4.39 Å². The van der Waals surface area contributed by atoms with E-state index in [1.807, 2.05) is 16.8 Å². The Kier molecular flexibility index (Phi) is 4.75. The van der Waals surface area contributed by atoms with Gasteiger partial charge in [-0.15, -0.1) is 10.2 Å². The first-order valence-electron chi connectivity index (χ1n) is 9.62. The lowest BCUT2D eigenvalue weighted by Gasteiger charge is -2.17. The molecule has 0 saturated carbocycles. The molecule has 1 aromatic heterocycles. The number of methoxy groups -OCH3 is 1. The van der Waals surface area contributed by atoms with E-state index >= 15 is 0 Å². The van der Waals surface area contributed by atoms with Gasteiger partial charge in [0.25, 0.3) is 0 Å². The second-order valence-electron chi connectivity index (χ2n) is 7.19. The molecule has 4 aromatic rings. The summed E-state index contributed by atoms with van der Waals surface area (Å²) in [5.74, 6) is 2.06. The molecule has 1 aliphatic heterocycles. The lowest BCUT2D eigenvalue weighted by atomic mass is 9.97. The monoisotopic (exact) mass is 418 g/mol. The van der Waals surface area contributed by atoms with E-state index < -0.39 is 0 Å². The molecule has 2 heterocycles. The standard InChI is InChI=1S/C23H19FN4OS/c1-14(16-3-4-18-12-20(29-2)10-7-17(18)11-16)22-25-26-23-28(22)27-21(13-30-23)15-5-8-19(24)9-6-15/h3-12,14H,13H2,1-2H3. The number of rotatable bonds is 4. The van der Waals surface area contributed by atoms with Crippen molar-refractivity contribution in [2.75, 3.05) is 12.9 Å². The number of nitrogens with zero attached hydrogens (tertiary/aromatic N) is 4. The normalized spacial score (nSPS) is 14.3. The number of fused-ring (bicyclic) bond motifs is 2. The predicted octanol–water partition coefficient (Wildman–Crippen LogP) is 5.09. The van der Waals surface area contributed by atoms with Crippen LogP contribution in [0.25, 0.3) is 10.8 Å². The number of ether oxygens (including phenoxy) is 1. The fourth-order valence-electron chi connectivity index (χ4n) is 3.58. The average molecular weight is 418 g/mol. The lowest BCUT2D eigenvalue weighted by molar-refractivity contribution is 0.415. The van der Waals surface area contributed by atoms with Gasteiger partial charge in [-0.25, -0.2) is 4.39 Å². The van der Waals surface area contributed by atoms with Crippen LogP contribution >= 0.6 is 11.8 Å². The Morgan fingerprint density at radius 2 is 1.77 bits per heavy atom. The summed E-state index contributed by atoms with van der Waals surface area (Å²) in [5.41, 5.74) is 2.92. The van der Waals surface area contributed by atoms with Crippen LogP contribution < -0.4 is 4.74 Å². The SMILES string of the molecule is COc1ccc2cc(C(C)c3nnc4n3N=C(c3ccc(F)cc3)CS4)ccc2c1. The predicted molar refractivity (Wildman–Crippen MR) is 117 cm³/mol. The molecule has 7 heteroatoms. The van der Waals surface area contributed by atoms with Crippen molar-refractivity contribution >= 4 is 28.2 Å². The van der Waals surface area contributed by atoms with E-state index in [0.717, 1.165) is 44.3 Å². The minimum absolute atomic E-state index is 0.00895. The Balaban J connectivity index is 1.51. The van der Waals surface area contributed by atoms with Gasteiger partial charge in [-0.05, 0) is 46.2 Å². The van der Waals surface area contributed by atoms with Crippen molar-refractivity contribution in [3.63, 3.8) is 0 Å². The number of halogens is 1. The van der Waals surface area contributed by atoms with Gasteiger partial charge in [-0.3, -0.25) is 0 Å². The number of hydrogen-bond acceptors (Lipinski definition) is 5. The molecule has 0 radical (unpaired) electrons. The van der Waals surface area contributed by atoms with Crippen LogP contribution in [0.1, 0.15) is 29.8 Å². The first-order valence-corrected chi connectivity index (χ1v) is 10.6. The number of benzene rings is 3. The smallest absolute Gasteiger partial charge is 0.212 e. The van der Waals surface area contributed by atoms with Gasteiger partial charge in [0.2, 0.25) is 5.16 Å².